The Kier molecular flexibility index (Phi) is 6.03. The molecule has 2 unspecified atom stereocenters. The predicted molar refractivity (Wildman–Crippen MR) is 78.3 cm³/mol. The van der Waals surface area contributed by atoms with Gasteiger partial charge in [-0.2, -0.15) is 0 Å². The van der Waals surface area contributed by atoms with Gasteiger partial charge in [0, 0.05) is 13.1 Å². The van der Waals surface area contributed by atoms with Gasteiger partial charge in [0.05, 0.1) is 5.92 Å². The van der Waals surface area contributed by atoms with Gasteiger partial charge in [0.1, 0.15) is 0 Å². The third-order valence-electron chi connectivity index (χ3n) is 3.55. The summed E-state index contributed by atoms with van der Waals surface area (Å²) in [5.41, 5.74) is 1.33. The zero-order valence-electron chi connectivity index (χ0n) is 12.3. The van der Waals surface area contributed by atoms with E-state index in [1.165, 1.54) is 5.56 Å². The van der Waals surface area contributed by atoms with E-state index >= 15 is 0 Å². The molecule has 0 saturated carbocycles. The van der Waals surface area contributed by atoms with Crippen LogP contribution in [-0.4, -0.2) is 36.1 Å². The fourth-order valence-electron chi connectivity index (χ4n) is 2.36. The molecule has 0 heterocycles. The lowest BCUT2D eigenvalue weighted by Gasteiger charge is -2.28. The van der Waals surface area contributed by atoms with E-state index in [4.69, 9.17) is 5.11 Å². The van der Waals surface area contributed by atoms with Gasteiger partial charge < -0.3 is 10.0 Å². The number of aliphatic carboxylic acids is 1. The summed E-state index contributed by atoms with van der Waals surface area (Å²) in [6.45, 7) is 7.66. The maximum atomic E-state index is 10.9. The minimum Gasteiger partial charge on any atom is -0.481 e. The molecule has 0 radical (unpaired) electrons. The first-order chi connectivity index (χ1) is 8.91. The van der Waals surface area contributed by atoms with Crippen molar-refractivity contribution >= 4 is 5.97 Å². The summed E-state index contributed by atoms with van der Waals surface area (Å²) in [5.74, 6) is -0.0848. The van der Waals surface area contributed by atoms with Crippen molar-refractivity contribution in [3.8, 4) is 0 Å². The zero-order valence-corrected chi connectivity index (χ0v) is 12.3. The number of benzene rings is 1. The lowest BCUT2D eigenvalue weighted by atomic mass is 9.88. The topological polar surface area (TPSA) is 40.5 Å². The summed E-state index contributed by atoms with van der Waals surface area (Å²) in [4.78, 5) is 13.0. The van der Waals surface area contributed by atoms with Gasteiger partial charge in [-0.25, -0.2) is 0 Å². The van der Waals surface area contributed by atoms with E-state index in [1.54, 1.807) is 6.92 Å². The summed E-state index contributed by atoms with van der Waals surface area (Å²) in [6.07, 6.45) is 0. The lowest BCUT2D eigenvalue weighted by Crippen LogP contribution is -2.33. The van der Waals surface area contributed by atoms with Crippen molar-refractivity contribution in [2.24, 2.45) is 11.8 Å². The SMILES string of the molecule is CC(CN(C)CC(c1ccccc1)C(C)C)C(=O)O. The smallest absolute Gasteiger partial charge is 0.307 e. The van der Waals surface area contributed by atoms with Crippen LogP contribution in [0.25, 0.3) is 0 Å². The molecule has 3 nitrogen and oxygen atoms in total. The van der Waals surface area contributed by atoms with Crippen LogP contribution in [0.5, 0.6) is 0 Å². The Hall–Kier alpha value is -1.35. The van der Waals surface area contributed by atoms with E-state index in [0.29, 0.717) is 18.4 Å². The van der Waals surface area contributed by atoms with E-state index in [2.05, 4.69) is 43.0 Å². The highest BCUT2D eigenvalue weighted by molar-refractivity contribution is 5.69. The van der Waals surface area contributed by atoms with Crippen molar-refractivity contribution in [1.29, 1.82) is 0 Å². The highest BCUT2D eigenvalue weighted by Crippen LogP contribution is 2.25. The van der Waals surface area contributed by atoms with Crippen LogP contribution in [0, 0.1) is 11.8 Å². The molecule has 0 amide bonds. The molecule has 0 aliphatic carbocycles. The molecule has 0 aromatic heterocycles. The van der Waals surface area contributed by atoms with Crippen molar-refractivity contribution in [2.45, 2.75) is 26.7 Å². The fourth-order valence-corrected chi connectivity index (χ4v) is 2.36. The van der Waals surface area contributed by atoms with Crippen LogP contribution in [0.2, 0.25) is 0 Å². The molecule has 1 aromatic rings. The number of carbonyl (C=O) groups is 1. The molecule has 1 aromatic carbocycles. The number of hydrogen-bond donors (Lipinski definition) is 1. The molecule has 106 valence electrons. The minimum atomic E-state index is -0.729. The van der Waals surface area contributed by atoms with Crippen molar-refractivity contribution in [3.05, 3.63) is 35.9 Å². The van der Waals surface area contributed by atoms with Crippen molar-refractivity contribution in [2.75, 3.05) is 20.1 Å². The molecule has 2 atom stereocenters. The van der Waals surface area contributed by atoms with Gasteiger partial charge in [0.2, 0.25) is 0 Å². The summed E-state index contributed by atoms with van der Waals surface area (Å²) in [5, 5.41) is 8.96. The van der Waals surface area contributed by atoms with Crippen LogP contribution in [-0.2, 0) is 4.79 Å². The number of nitrogens with zero attached hydrogens (tertiary/aromatic N) is 1. The molecule has 1 N–H and O–H groups in total. The molecule has 0 bridgehead atoms. The van der Waals surface area contributed by atoms with Gasteiger partial charge >= 0.3 is 5.97 Å². The van der Waals surface area contributed by atoms with Gasteiger partial charge in [-0.3, -0.25) is 4.79 Å². The van der Waals surface area contributed by atoms with Crippen LogP contribution < -0.4 is 0 Å². The Labute approximate surface area is 116 Å². The molecule has 1 rings (SSSR count). The third-order valence-corrected chi connectivity index (χ3v) is 3.55. The van der Waals surface area contributed by atoms with E-state index in [-0.39, 0.29) is 5.92 Å². The predicted octanol–water partition coefficient (Wildman–Crippen LogP) is 3.08. The van der Waals surface area contributed by atoms with Crippen LogP contribution >= 0.6 is 0 Å². The number of hydrogen-bond acceptors (Lipinski definition) is 2. The largest absolute Gasteiger partial charge is 0.481 e. The summed E-state index contributed by atoms with van der Waals surface area (Å²) in [6, 6.07) is 10.4. The molecule has 0 aliphatic heterocycles. The van der Waals surface area contributed by atoms with Crippen molar-refractivity contribution < 1.29 is 9.90 Å². The van der Waals surface area contributed by atoms with E-state index < -0.39 is 5.97 Å². The average Bonchev–Trinajstić information content (AvgIpc) is 2.36. The molecule has 0 spiro atoms. The van der Waals surface area contributed by atoms with E-state index in [0.717, 1.165) is 6.54 Å². The van der Waals surface area contributed by atoms with Gasteiger partial charge in [-0.05, 0) is 24.4 Å². The molecular weight excluding hydrogens is 238 g/mol. The Morgan fingerprint density at radius 2 is 1.74 bits per heavy atom. The molecule has 3 heteroatoms. The Morgan fingerprint density at radius 1 is 1.16 bits per heavy atom. The van der Waals surface area contributed by atoms with Crippen molar-refractivity contribution in [1.82, 2.24) is 4.90 Å². The third kappa shape index (κ3) is 5.03. The van der Waals surface area contributed by atoms with Gasteiger partial charge in [0.25, 0.3) is 0 Å². The second-order valence-electron chi connectivity index (χ2n) is 5.72. The Bertz CT molecular complexity index is 389. The maximum Gasteiger partial charge on any atom is 0.307 e. The highest BCUT2D eigenvalue weighted by Gasteiger charge is 2.20. The molecule has 0 aliphatic rings. The second-order valence-corrected chi connectivity index (χ2v) is 5.72. The van der Waals surface area contributed by atoms with Crippen LogP contribution in [0.4, 0.5) is 0 Å². The first kappa shape index (κ1) is 15.7. The Morgan fingerprint density at radius 3 is 2.21 bits per heavy atom. The van der Waals surface area contributed by atoms with Crippen LogP contribution in [0.1, 0.15) is 32.3 Å². The van der Waals surface area contributed by atoms with E-state index in [1.807, 2.05) is 13.1 Å². The molecule has 0 fully saturated rings. The van der Waals surface area contributed by atoms with Crippen molar-refractivity contribution in [3.63, 3.8) is 0 Å². The summed E-state index contributed by atoms with van der Waals surface area (Å²) in [7, 11) is 2.00. The quantitative estimate of drug-likeness (QED) is 0.822. The molecule has 0 saturated heterocycles. The first-order valence-electron chi connectivity index (χ1n) is 6.88. The number of rotatable bonds is 7. The fraction of sp³-hybridized carbons (Fsp3) is 0.562. The van der Waals surface area contributed by atoms with Gasteiger partial charge in [-0.15, -0.1) is 0 Å². The first-order valence-corrected chi connectivity index (χ1v) is 6.88. The van der Waals surface area contributed by atoms with Gasteiger partial charge in [-0.1, -0.05) is 51.1 Å². The Balaban J connectivity index is 2.67. The van der Waals surface area contributed by atoms with Crippen LogP contribution in [0.15, 0.2) is 30.3 Å². The average molecular weight is 263 g/mol. The molecule has 19 heavy (non-hydrogen) atoms. The standard InChI is InChI=1S/C16H25NO2/c1-12(2)15(14-8-6-5-7-9-14)11-17(4)10-13(3)16(18)19/h5-9,12-13,15H,10-11H2,1-4H3,(H,18,19). The molecular formula is C16H25NO2. The number of likely N-dealkylation sites (N-methyl/N-ethyl adjacent to an activating group) is 1. The van der Waals surface area contributed by atoms with Crippen LogP contribution in [0.3, 0.4) is 0 Å². The zero-order chi connectivity index (χ0) is 14.4. The lowest BCUT2D eigenvalue weighted by molar-refractivity contribution is -0.141. The van der Waals surface area contributed by atoms with E-state index in [9.17, 15) is 4.79 Å². The highest BCUT2D eigenvalue weighted by atomic mass is 16.4. The van der Waals surface area contributed by atoms with Gasteiger partial charge in [0.15, 0.2) is 0 Å². The minimum absolute atomic E-state index is 0.325. The summed E-state index contributed by atoms with van der Waals surface area (Å²) < 4.78 is 0. The maximum absolute atomic E-state index is 10.9. The second kappa shape index (κ2) is 7.29. The summed E-state index contributed by atoms with van der Waals surface area (Å²) >= 11 is 0. The normalized spacial score (nSPS) is 14.6. The monoisotopic (exact) mass is 263 g/mol. The number of carboxylic acid groups (broad SMARTS) is 1. The number of carboxylic acids is 1.